The Balaban J connectivity index is 2.74. The van der Waals surface area contributed by atoms with Crippen molar-refractivity contribution < 1.29 is 9.47 Å². The van der Waals surface area contributed by atoms with Gasteiger partial charge in [-0.1, -0.05) is 11.3 Å². The van der Waals surface area contributed by atoms with Gasteiger partial charge < -0.3 is 9.47 Å². The van der Waals surface area contributed by atoms with Gasteiger partial charge in [0.05, 0.1) is 19.6 Å². The SMILES string of the molecule is COc1[c]sc(OC)c1. The second-order valence-corrected chi connectivity index (χ2v) is 2.25. The Bertz CT molecular complexity index is 164. The average Bonchev–Trinajstić information content (AvgIpc) is 2.34. The maximum Gasteiger partial charge on any atom is 0.177 e. The molecular weight excluding hydrogens is 136 g/mol. The lowest BCUT2D eigenvalue weighted by molar-refractivity contribution is 0.405. The van der Waals surface area contributed by atoms with Crippen molar-refractivity contribution in [2.24, 2.45) is 0 Å². The van der Waals surface area contributed by atoms with E-state index in [4.69, 9.17) is 9.47 Å². The smallest absolute Gasteiger partial charge is 0.177 e. The molecule has 1 aromatic rings. The fraction of sp³-hybridized carbons (Fsp3) is 0.333. The van der Waals surface area contributed by atoms with E-state index in [1.807, 2.05) is 0 Å². The van der Waals surface area contributed by atoms with E-state index in [9.17, 15) is 0 Å². The second kappa shape index (κ2) is 2.73. The summed E-state index contributed by atoms with van der Waals surface area (Å²) in [7, 11) is 3.23. The van der Waals surface area contributed by atoms with E-state index in [-0.39, 0.29) is 0 Å². The molecule has 2 nitrogen and oxygen atoms in total. The fourth-order valence-corrected chi connectivity index (χ4v) is 1.06. The lowest BCUT2D eigenvalue weighted by atomic mass is 10.6. The van der Waals surface area contributed by atoms with Crippen LogP contribution in [0.1, 0.15) is 0 Å². The third-order valence-corrected chi connectivity index (χ3v) is 1.71. The maximum absolute atomic E-state index is 4.90. The lowest BCUT2D eigenvalue weighted by Gasteiger charge is -1.89. The van der Waals surface area contributed by atoms with Gasteiger partial charge in [-0.2, -0.15) is 0 Å². The Morgan fingerprint density at radius 2 is 2.22 bits per heavy atom. The molecule has 3 heteroatoms. The van der Waals surface area contributed by atoms with Gasteiger partial charge in [0.15, 0.2) is 5.06 Å². The molecule has 0 amide bonds. The van der Waals surface area contributed by atoms with Crippen LogP contribution >= 0.6 is 11.3 Å². The molecule has 0 atom stereocenters. The van der Waals surface area contributed by atoms with Crippen LogP contribution in [0.4, 0.5) is 0 Å². The molecule has 1 heterocycles. The van der Waals surface area contributed by atoms with Crippen molar-refractivity contribution in [3.63, 3.8) is 0 Å². The molecule has 0 spiro atoms. The third-order valence-electron chi connectivity index (χ3n) is 0.922. The summed E-state index contributed by atoms with van der Waals surface area (Å²) >= 11 is 1.40. The molecule has 0 aromatic carbocycles. The first-order valence-corrected chi connectivity index (χ1v) is 3.28. The van der Waals surface area contributed by atoms with Crippen LogP contribution in [0.2, 0.25) is 0 Å². The highest BCUT2D eigenvalue weighted by molar-refractivity contribution is 7.11. The summed E-state index contributed by atoms with van der Waals surface area (Å²) in [5.74, 6) is 0.733. The summed E-state index contributed by atoms with van der Waals surface area (Å²) in [5.41, 5.74) is 0. The van der Waals surface area contributed by atoms with E-state index in [2.05, 4.69) is 5.38 Å². The molecule has 0 unspecified atom stereocenters. The predicted molar refractivity (Wildman–Crippen MR) is 36.3 cm³/mol. The van der Waals surface area contributed by atoms with Crippen molar-refractivity contribution in [2.45, 2.75) is 0 Å². The van der Waals surface area contributed by atoms with Crippen LogP contribution in [0.5, 0.6) is 10.8 Å². The van der Waals surface area contributed by atoms with Gasteiger partial charge in [0.1, 0.15) is 5.75 Å². The normalized spacial score (nSPS) is 9.11. The van der Waals surface area contributed by atoms with Gasteiger partial charge in [-0.3, -0.25) is 0 Å². The average molecular weight is 143 g/mol. The zero-order valence-corrected chi connectivity index (χ0v) is 6.12. The first kappa shape index (κ1) is 6.42. The van der Waals surface area contributed by atoms with Crippen molar-refractivity contribution >= 4 is 11.3 Å². The monoisotopic (exact) mass is 143 g/mol. The Labute approximate surface area is 58.0 Å². The van der Waals surface area contributed by atoms with Crippen molar-refractivity contribution in [2.75, 3.05) is 14.2 Å². The van der Waals surface area contributed by atoms with Crippen LogP contribution in [-0.4, -0.2) is 14.2 Å². The minimum absolute atomic E-state index is 0.733. The van der Waals surface area contributed by atoms with Crippen LogP contribution in [0.25, 0.3) is 0 Å². The second-order valence-electron chi connectivity index (χ2n) is 1.44. The zero-order valence-electron chi connectivity index (χ0n) is 5.30. The lowest BCUT2D eigenvalue weighted by Crippen LogP contribution is -1.77. The number of rotatable bonds is 2. The highest BCUT2D eigenvalue weighted by Gasteiger charge is 1.96. The van der Waals surface area contributed by atoms with Gasteiger partial charge in [-0.15, -0.1) is 0 Å². The van der Waals surface area contributed by atoms with Crippen molar-refractivity contribution in [1.82, 2.24) is 0 Å². The number of hydrogen-bond acceptors (Lipinski definition) is 3. The largest absolute Gasteiger partial charge is 0.495 e. The summed E-state index contributed by atoms with van der Waals surface area (Å²) in [6, 6.07) is 1.80. The Hall–Kier alpha value is -0.700. The number of hydrogen-bond donors (Lipinski definition) is 0. The van der Waals surface area contributed by atoms with E-state index in [1.54, 1.807) is 20.3 Å². The molecule has 0 fully saturated rings. The van der Waals surface area contributed by atoms with Gasteiger partial charge in [-0.25, -0.2) is 0 Å². The maximum atomic E-state index is 4.90. The molecule has 0 saturated heterocycles. The van der Waals surface area contributed by atoms with Gasteiger partial charge >= 0.3 is 0 Å². The first-order chi connectivity index (χ1) is 4.36. The molecule has 49 valence electrons. The molecule has 0 bridgehead atoms. The molecule has 0 N–H and O–H groups in total. The van der Waals surface area contributed by atoms with E-state index < -0.39 is 0 Å². The number of ether oxygens (including phenoxy) is 2. The molecule has 0 aliphatic rings. The summed E-state index contributed by atoms with van der Waals surface area (Å²) in [6.07, 6.45) is 0. The van der Waals surface area contributed by atoms with Crippen LogP contribution in [0, 0.1) is 5.38 Å². The molecular formula is C6H7O2S. The fourth-order valence-electron chi connectivity index (χ4n) is 0.468. The quantitative estimate of drug-likeness (QED) is 0.625. The highest BCUT2D eigenvalue weighted by Crippen LogP contribution is 2.26. The Morgan fingerprint density at radius 1 is 1.44 bits per heavy atom. The molecule has 0 aliphatic heterocycles. The zero-order chi connectivity index (χ0) is 6.69. The summed E-state index contributed by atoms with van der Waals surface area (Å²) in [6.45, 7) is 0. The van der Waals surface area contributed by atoms with Crippen molar-refractivity contribution in [3.05, 3.63) is 11.4 Å². The van der Waals surface area contributed by atoms with E-state index in [0.717, 1.165) is 10.8 Å². The number of thiophene rings is 1. The van der Waals surface area contributed by atoms with Crippen LogP contribution in [0.3, 0.4) is 0 Å². The van der Waals surface area contributed by atoms with E-state index >= 15 is 0 Å². The predicted octanol–water partition coefficient (Wildman–Crippen LogP) is 1.57. The van der Waals surface area contributed by atoms with E-state index in [1.165, 1.54) is 11.3 Å². The molecule has 9 heavy (non-hydrogen) atoms. The van der Waals surface area contributed by atoms with E-state index in [0.29, 0.717) is 0 Å². The molecule has 1 aromatic heterocycles. The molecule has 1 radical (unpaired) electrons. The highest BCUT2D eigenvalue weighted by atomic mass is 32.1. The molecule has 0 aliphatic carbocycles. The standard InChI is InChI=1S/C6H7O2S/c1-7-5-3-6(8-2)9-4-5/h3H,1-2H3. The third kappa shape index (κ3) is 1.36. The number of methoxy groups -OCH3 is 2. The summed E-state index contributed by atoms with van der Waals surface area (Å²) < 4.78 is 9.78. The van der Waals surface area contributed by atoms with Crippen LogP contribution < -0.4 is 9.47 Å². The molecule has 0 saturated carbocycles. The van der Waals surface area contributed by atoms with Gasteiger partial charge in [-0.05, 0) is 0 Å². The van der Waals surface area contributed by atoms with Gasteiger partial charge in [0.2, 0.25) is 0 Å². The van der Waals surface area contributed by atoms with Crippen LogP contribution in [0.15, 0.2) is 6.07 Å². The minimum Gasteiger partial charge on any atom is -0.495 e. The van der Waals surface area contributed by atoms with Gasteiger partial charge in [0, 0.05) is 6.07 Å². The van der Waals surface area contributed by atoms with Crippen molar-refractivity contribution in [1.29, 1.82) is 0 Å². The Morgan fingerprint density at radius 3 is 2.56 bits per heavy atom. The first-order valence-electron chi connectivity index (χ1n) is 2.46. The Kier molecular flexibility index (Phi) is 1.95. The topological polar surface area (TPSA) is 18.5 Å². The summed E-state index contributed by atoms with van der Waals surface area (Å²) in [5, 5.41) is 3.73. The summed E-state index contributed by atoms with van der Waals surface area (Å²) in [4.78, 5) is 0. The minimum atomic E-state index is 0.733. The van der Waals surface area contributed by atoms with Crippen LogP contribution in [-0.2, 0) is 0 Å². The van der Waals surface area contributed by atoms with Gasteiger partial charge in [0.25, 0.3) is 0 Å². The van der Waals surface area contributed by atoms with Crippen molar-refractivity contribution in [3.8, 4) is 10.8 Å². The molecule has 1 rings (SSSR count).